The van der Waals surface area contributed by atoms with E-state index < -0.39 is 39.5 Å². The maximum absolute atomic E-state index is 13.5. The Morgan fingerprint density at radius 2 is 1.63 bits per heavy atom. The van der Waals surface area contributed by atoms with Crippen LogP contribution in [0.4, 0.5) is 0 Å². The first kappa shape index (κ1) is 40.5. The fourth-order valence-corrected chi connectivity index (χ4v) is 9.28. The number of carboxylic acid groups (broad SMARTS) is 1. The highest BCUT2D eigenvalue weighted by Gasteiger charge is 2.37. The van der Waals surface area contributed by atoms with Gasteiger partial charge in [-0.2, -0.15) is 0 Å². The number of carbonyl (C=O) groups excluding carboxylic acids is 1. The topological polar surface area (TPSA) is 180 Å². The third-order valence-corrected chi connectivity index (χ3v) is 12.9. The van der Waals surface area contributed by atoms with Gasteiger partial charge in [-0.15, -0.1) is 0 Å². The average Bonchev–Trinajstić information content (AvgIpc) is 3.07. The first-order valence-electron chi connectivity index (χ1n) is 18.6. The molecule has 1 aliphatic carbocycles. The van der Waals surface area contributed by atoms with Crippen molar-refractivity contribution in [2.24, 2.45) is 0 Å². The second-order valence-electron chi connectivity index (χ2n) is 16.8. The summed E-state index contributed by atoms with van der Waals surface area (Å²) >= 11 is 0. The molecule has 2 heterocycles. The quantitative estimate of drug-likeness (QED) is 0.0933. The maximum atomic E-state index is 13.5. The number of benzene rings is 2. The van der Waals surface area contributed by atoms with Crippen LogP contribution >= 0.6 is 0 Å². The van der Waals surface area contributed by atoms with Crippen molar-refractivity contribution in [2.45, 2.75) is 135 Å². The largest absolute Gasteiger partial charge is 0.487 e. The number of rotatable bonds is 11. The van der Waals surface area contributed by atoms with Gasteiger partial charge in [0.2, 0.25) is 5.96 Å². The molecule has 2 aliphatic rings. The molecule has 292 valence electrons. The maximum Gasteiger partial charge on any atom is 0.326 e. The minimum atomic E-state index is -4.14. The number of hydrogen-bond acceptors (Lipinski definition) is 7. The molecule has 0 unspecified atom stereocenters. The van der Waals surface area contributed by atoms with E-state index in [1.807, 2.05) is 26.8 Å². The first-order chi connectivity index (χ1) is 25.0. The zero-order valence-electron chi connectivity index (χ0n) is 33.0. The number of nitrogens with zero attached hydrogens (tertiary/aromatic N) is 1. The van der Waals surface area contributed by atoms with Gasteiger partial charge in [0.15, 0.2) is 0 Å². The molecule has 0 saturated carbocycles. The molecule has 3 aromatic rings. The summed E-state index contributed by atoms with van der Waals surface area (Å²) in [4.78, 5) is 38.9. The van der Waals surface area contributed by atoms with Crippen molar-refractivity contribution in [3.63, 3.8) is 0 Å². The van der Waals surface area contributed by atoms with Crippen LogP contribution < -0.4 is 25.7 Å². The minimum Gasteiger partial charge on any atom is -0.487 e. The number of ether oxygens (including phenoxy) is 1. The van der Waals surface area contributed by atoms with Crippen LogP contribution in [0.1, 0.15) is 123 Å². The van der Waals surface area contributed by atoms with Gasteiger partial charge < -0.3 is 25.0 Å². The van der Waals surface area contributed by atoms with E-state index in [0.717, 1.165) is 36.0 Å². The molecule has 1 atom stereocenters. The van der Waals surface area contributed by atoms with Gasteiger partial charge in [0.05, 0.1) is 11.4 Å². The van der Waals surface area contributed by atoms with E-state index in [1.54, 1.807) is 26.1 Å². The number of pyridine rings is 1. The summed E-state index contributed by atoms with van der Waals surface area (Å²) in [6.07, 6.45) is 5.31. The summed E-state index contributed by atoms with van der Waals surface area (Å²) in [6.45, 7) is 18.6. The molecule has 1 aromatic heterocycles. The van der Waals surface area contributed by atoms with Gasteiger partial charge in [-0.05, 0) is 135 Å². The molecular formula is C41H55N5O7S. The lowest BCUT2D eigenvalue weighted by molar-refractivity contribution is -0.139. The summed E-state index contributed by atoms with van der Waals surface area (Å²) < 4.78 is 37.0. The highest BCUT2D eigenvalue weighted by atomic mass is 32.2. The van der Waals surface area contributed by atoms with Gasteiger partial charge >= 0.3 is 5.97 Å². The van der Waals surface area contributed by atoms with E-state index in [4.69, 9.17) is 10.1 Å². The third kappa shape index (κ3) is 8.35. The number of fused-ring (bicyclic) bond motifs is 2. The van der Waals surface area contributed by atoms with Gasteiger partial charge in [-0.1, -0.05) is 45.9 Å². The first-order valence-corrected chi connectivity index (χ1v) is 20.1. The van der Waals surface area contributed by atoms with Crippen LogP contribution in [-0.4, -0.2) is 54.1 Å². The Labute approximate surface area is 318 Å². The number of carboxylic acids is 1. The van der Waals surface area contributed by atoms with Gasteiger partial charge in [-0.25, -0.2) is 17.9 Å². The van der Waals surface area contributed by atoms with Gasteiger partial charge in [0.1, 0.15) is 23.0 Å². The fraction of sp³-hybridized carbons (Fsp3) is 0.512. The van der Waals surface area contributed by atoms with Crippen LogP contribution in [0, 0.1) is 26.2 Å². The lowest BCUT2D eigenvalue weighted by atomic mass is 9.63. The van der Waals surface area contributed by atoms with Crippen LogP contribution in [0.5, 0.6) is 5.75 Å². The number of aliphatic carboxylic acids is 1. The molecule has 13 heteroatoms. The molecule has 54 heavy (non-hydrogen) atoms. The molecule has 0 spiro atoms. The second-order valence-corrected chi connectivity index (χ2v) is 18.4. The standard InChI is InChI=1S/C41H55N5O7S/c1-24-25(2)34(26(3)28-16-17-41(8,9)53-33(24)28)54(51,52)45-38(42)43-20-10-13-32(37(49)50)44-35(47)29-12-11-21-46(36(29)48)23-27-14-15-30-31(22-27)40(6,7)19-18-39(30,4)5/h11-12,14-15,21-22,32H,10,13,16-20,23H2,1-9H3,(H,44,47)(H,49,50)(H3,42,43,45)/t32-/m0/s1. The number of hydrogen-bond donors (Lipinski definition) is 5. The Hall–Kier alpha value is -4.65. The third-order valence-electron chi connectivity index (χ3n) is 11.3. The van der Waals surface area contributed by atoms with E-state index >= 15 is 0 Å². The average molecular weight is 762 g/mol. The molecule has 12 nitrogen and oxygen atoms in total. The van der Waals surface area contributed by atoms with E-state index in [0.29, 0.717) is 23.3 Å². The van der Waals surface area contributed by atoms with E-state index in [1.165, 1.54) is 21.8 Å². The van der Waals surface area contributed by atoms with E-state index in [9.17, 15) is 27.9 Å². The van der Waals surface area contributed by atoms with Crippen molar-refractivity contribution in [3.8, 4) is 5.75 Å². The minimum absolute atomic E-state index is 0.00321. The SMILES string of the molecule is Cc1c(C)c(S(=O)(=O)NC(=N)NCCC[C@H](NC(=O)c2cccn(Cc3ccc4c(c3)C(C)(C)CCC4(C)C)c2=O)C(=O)O)c(C)c2c1OC(C)(C)CC2. The van der Waals surface area contributed by atoms with Crippen LogP contribution in [0.15, 0.2) is 46.2 Å². The van der Waals surface area contributed by atoms with Crippen LogP contribution in [0.25, 0.3) is 0 Å². The zero-order valence-corrected chi connectivity index (χ0v) is 33.8. The lowest BCUT2D eigenvalue weighted by Crippen LogP contribution is -2.44. The monoisotopic (exact) mass is 761 g/mol. The van der Waals surface area contributed by atoms with Crippen molar-refractivity contribution >= 4 is 27.9 Å². The normalized spacial score (nSPS) is 17.3. The molecule has 0 fully saturated rings. The summed E-state index contributed by atoms with van der Waals surface area (Å²) in [5.41, 5.74) is 5.21. The van der Waals surface area contributed by atoms with Gasteiger partial charge in [0, 0.05) is 12.7 Å². The second kappa shape index (κ2) is 14.9. The Bertz CT molecular complexity index is 2170. The Kier molecular flexibility index (Phi) is 11.2. The van der Waals surface area contributed by atoms with Crippen molar-refractivity contribution in [3.05, 3.63) is 91.4 Å². The summed E-state index contributed by atoms with van der Waals surface area (Å²) in [6, 6.07) is 7.97. The number of carbonyl (C=O) groups is 2. The molecular weight excluding hydrogens is 707 g/mol. The van der Waals surface area contributed by atoms with Crippen LogP contribution in [0.2, 0.25) is 0 Å². The van der Waals surface area contributed by atoms with Gasteiger partial charge in [-0.3, -0.25) is 15.0 Å². The number of aromatic nitrogens is 1. The lowest BCUT2D eigenvalue weighted by Gasteiger charge is -2.42. The van der Waals surface area contributed by atoms with Crippen molar-refractivity contribution in [2.75, 3.05) is 6.54 Å². The predicted octanol–water partition coefficient (Wildman–Crippen LogP) is 5.74. The van der Waals surface area contributed by atoms with Crippen molar-refractivity contribution < 1.29 is 27.9 Å². The molecule has 5 N–H and O–H groups in total. The highest BCUT2D eigenvalue weighted by Crippen LogP contribution is 2.46. The number of sulfonamides is 1. The summed E-state index contributed by atoms with van der Waals surface area (Å²) in [5.74, 6) is -1.84. The Morgan fingerprint density at radius 3 is 2.30 bits per heavy atom. The Morgan fingerprint density at radius 1 is 0.963 bits per heavy atom. The van der Waals surface area contributed by atoms with E-state index in [2.05, 4.69) is 55.2 Å². The predicted molar refractivity (Wildman–Crippen MR) is 209 cm³/mol. The van der Waals surface area contributed by atoms with Crippen LogP contribution in [0.3, 0.4) is 0 Å². The molecule has 0 radical (unpaired) electrons. The molecule has 0 saturated heterocycles. The molecule has 2 aromatic carbocycles. The summed E-state index contributed by atoms with van der Waals surface area (Å²) in [7, 11) is -4.14. The van der Waals surface area contributed by atoms with Crippen molar-refractivity contribution in [1.29, 1.82) is 5.41 Å². The van der Waals surface area contributed by atoms with Gasteiger partial charge in [0.25, 0.3) is 21.5 Å². The highest BCUT2D eigenvalue weighted by molar-refractivity contribution is 7.90. The smallest absolute Gasteiger partial charge is 0.326 e. The number of nitrogens with one attached hydrogen (secondary N) is 4. The molecule has 0 bridgehead atoms. The molecule has 1 aliphatic heterocycles. The fourth-order valence-electron chi connectivity index (χ4n) is 7.75. The number of amides is 1. The summed E-state index contributed by atoms with van der Waals surface area (Å²) in [5, 5.41) is 23.3. The zero-order chi connectivity index (χ0) is 40.0. The van der Waals surface area contributed by atoms with Crippen LogP contribution in [-0.2, 0) is 38.6 Å². The molecule has 1 amide bonds. The molecule has 5 rings (SSSR count). The number of guanidine groups is 1. The Balaban J connectivity index is 1.19. The van der Waals surface area contributed by atoms with Crippen molar-refractivity contribution in [1.82, 2.24) is 19.9 Å². The van der Waals surface area contributed by atoms with E-state index in [-0.39, 0.29) is 52.8 Å².